The van der Waals surface area contributed by atoms with Crippen LogP contribution in [0.1, 0.15) is 40.4 Å². The quantitative estimate of drug-likeness (QED) is 0.0836. The molecular weight excluding hydrogens is 768 g/mol. The fraction of sp³-hybridized carbons (Fsp3) is 0.283. The van der Waals surface area contributed by atoms with Gasteiger partial charge in [0, 0.05) is 46.5 Å². The van der Waals surface area contributed by atoms with Gasteiger partial charge in [0.05, 0.1) is 46.5 Å². The minimum atomic E-state index is -2.55. The molecule has 2 heterocycles. The Morgan fingerprint density at radius 2 is 1.64 bits per heavy atom. The fourth-order valence-electron chi connectivity index (χ4n) is 8.87. The molecule has 1 spiro atoms. The number of nitrogens with two attached hydrogens (primary N) is 1. The molecule has 3 amide bonds. The van der Waals surface area contributed by atoms with Crippen LogP contribution in [-0.4, -0.2) is 62.2 Å². The summed E-state index contributed by atoms with van der Waals surface area (Å²) in [5, 5.41) is 14.6. The number of hydrogen-bond acceptors (Lipinski definition) is 7. The summed E-state index contributed by atoms with van der Waals surface area (Å²) in [6.07, 6.45) is -0.592. The van der Waals surface area contributed by atoms with Crippen molar-refractivity contribution >= 4 is 59.6 Å². The van der Waals surface area contributed by atoms with Crippen LogP contribution in [0.15, 0.2) is 121 Å². The monoisotopic (exact) mass is 816 g/mol. The van der Waals surface area contributed by atoms with E-state index in [9.17, 15) is 14.7 Å². The third-order valence-electron chi connectivity index (χ3n) is 11.8. The van der Waals surface area contributed by atoms with E-state index in [1.54, 1.807) is 47.2 Å². The van der Waals surface area contributed by atoms with Gasteiger partial charge in [-0.2, -0.15) is 0 Å². The molecule has 7 rings (SSSR count). The second-order valence-electron chi connectivity index (χ2n) is 15.7. The summed E-state index contributed by atoms with van der Waals surface area (Å²) >= 11 is 6.71. The summed E-state index contributed by atoms with van der Waals surface area (Å²) in [7, 11) is -0.911. The van der Waals surface area contributed by atoms with Crippen LogP contribution in [0.5, 0.6) is 5.75 Å². The SMILES string of the molecule is COc1ccc([Si](C)(C)[C@H]2[C@H](CC(=O)N(CCO)Cc3ccccc3)O[C@@]3(C(=O)N(Cc4ccc(NC(=O)c5ccc(N)cc5)cc4)c4ccc(Cl)cc43)[C@@H]2C)cc1. The third-order valence-corrected chi connectivity index (χ3v) is 16.4. The molecule has 0 aromatic heterocycles. The van der Waals surface area contributed by atoms with Crippen molar-refractivity contribution in [1.29, 1.82) is 0 Å². The van der Waals surface area contributed by atoms with Gasteiger partial charge in [-0.3, -0.25) is 14.4 Å². The van der Waals surface area contributed by atoms with Gasteiger partial charge >= 0.3 is 0 Å². The highest BCUT2D eigenvalue weighted by atomic mass is 35.5. The molecule has 5 aromatic rings. The van der Waals surface area contributed by atoms with Gasteiger partial charge in [0.25, 0.3) is 11.8 Å². The zero-order chi connectivity index (χ0) is 41.2. The largest absolute Gasteiger partial charge is 0.497 e. The van der Waals surface area contributed by atoms with E-state index in [1.165, 1.54) is 0 Å². The lowest BCUT2D eigenvalue weighted by atomic mass is 9.82. The normalized spacial score (nSPS) is 19.9. The van der Waals surface area contributed by atoms with Gasteiger partial charge in [-0.15, -0.1) is 0 Å². The molecule has 10 nitrogen and oxygen atoms in total. The van der Waals surface area contributed by atoms with Gasteiger partial charge < -0.3 is 35.4 Å². The molecule has 58 heavy (non-hydrogen) atoms. The molecule has 12 heteroatoms. The maximum absolute atomic E-state index is 15.3. The molecule has 300 valence electrons. The van der Waals surface area contributed by atoms with E-state index in [2.05, 4.69) is 37.5 Å². The fourth-order valence-corrected chi connectivity index (χ4v) is 13.1. The number of ether oxygens (including phenoxy) is 2. The number of carbonyl (C=O) groups excluding carboxylic acids is 3. The smallest absolute Gasteiger partial charge is 0.264 e. The Bertz CT molecular complexity index is 2270. The maximum Gasteiger partial charge on any atom is 0.264 e. The van der Waals surface area contributed by atoms with Crippen LogP contribution in [0.4, 0.5) is 17.1 Å². The first-order valence-electron chi connectivity index (χ1n) is 19.5. The van der Waals surface area contributed by atoms with Crippen LogP contribution >= 0.6 is 11.6 Å². The number of aliphatic hydroxyl groups excluding tert-OH is 1. The van der Waals surface area contributed by atoms with E-state index in [0.717, 1.165) is 22.1 Å². The topological polar surface area (TPSA) is 134 Å². The first-order chi connectivity index (χ1) is 27.8. The lowest BCUT2D eigenvalue weighted by Gasteiger charge is -2.37. The average molecular weight is 817 g/mol. The molecule has 1 fully saturated rings. The Morgan fingerprint density at radius 1 is 0.948 bits per heavy atom. The van der Waals surface area contributed by atoms with Crippen molar-refractivity contribution in [2.45, 2.75) is 56.8 Å². The molecular formula is C46H49ClN4O6Si. The van der Waals surface area contributed by atoms with Crippen molar-refractivity contribution in [2.24, 2.45) is 5.92 Å². The predicted octanol–water partition coefficient (Wildman–Crippen LogP) is 7.36. The Hall–Kier alpha value is -5.46. The van der Waals surface area contributed by atoms with Gasteiger partial charge in [-0.1, -0.05) is 91.4 Å². The summed E-state index contributed by atoms with van der Waals surface area (Å²) in [6, 6.07) is 37.4. The standard InChI is InChI=1S/C46H49ClN4O6Si/c1-30-43(58(3,4)38-21-19-37(56-2)20-22-38)41(27-42(53)50(24-25-52)28-31-8-6-5-7-9-31)57-46(30)39-26-34(47)14-23-40(39)51(45(46)55)29-32-10-17-36(18-11-32)49-44(54)33-12-15-35(48)16-13-33/h5-23,26,30,41,43,52H,24-25,27-29,48H2,1-4H3,(H,49,54)/t30-,41+,43-,46+/m1/s1. The van der Waals surface area contributed by atoms with Crippen molar-refractivity contribution in [3.63, 3.8) is 0 Å². The van der Waals surface area contributed by atoms with Gasteiger partial charge in [-0.05, 0) is 83.4 Å². The highest BCUT2D eigenvalue weighted by molar-refractivity contribution is 6.91. The Morgan fingerprint density at radius 3 is 2.29 bits per heavy atom. The van der Waals surface area contributed by atoms with Gasteiger partial charge in [0.2, 0.25) is 5.91 Å². The molecule has 0 bridgehead atoms. The average Bonchev–Trinajstić information content (AvgIpc) is 3.64. The second kappa shape index (κ2) is 16.8. The first-order valence-corrected chi connectivity index (χ1v) is 22.9. The van der Waals surface area contributed by atoms with Crippen molar-refractivity contribution in [2.75, 3.05) is 36.2 Å². The molecule has 4 atom stereocenters. The van der Waals surface area contributed by atoms with Crippen LogP contribution < -0.4 is 25.9 Å². The summed E-state index contributed by atoms with van der Waals surface area (Å²) in [5.74, 6) is -0.237. The van der Waals surface area contributed by atoms with Crippen molar-refractivity contribution in [3.05, 3.63) is 149 Å². The Labute approximate surface area is 345 Å². The number of nitrogens with zero attached hydrogens (tertiary/aromatic N) is 2. The molecule has 0 unspecified atom stereocenters. The van der Waals surface area contributed by atoms with Gasteiger partial charge in [0.15, 0.2) is 5.60 Å². The van der Waals surface area contributed by atoms with Crippen molar-refractivity contribution < 1.29 is 29.0 Å². The van der Waals surface area contributed by atoms with E-state index < -0.39 is 19.8 Å². The minimum Gasteiger partial charge on any atom is -0.497 e. The predicted molar refractivity (Wildman–Crippen MR) is 231 cm³/mol. The number of rotatable bonds is 13. The zero-order valence-corrected chi connectivity index (χ0v) is 34.9. The maximum atomic E-state index is 15.3. The van der Waals surface area contributed by atoms with E-state index in [4.69, 9.17) is 26.8 Å². The van der Waals surface area contributed by atoms with Crippen LogP contribution in [-0.2, 0) is 33.0 Å². The summed E-state index contributed by atoms with van der Waals surface area (Å²) < 4.78 is 12.7. The van der Waals surface area contributed by atoms with E-state index >= 15 is 4.79 Å². The molecule has 0 aliphatic carbocycles. The van der Waals surface area contributed by atoms with Crippen LogP contribution in [0.3, 0.4) is 0 Å². The Kier molecular flexibility index (Phi) is 11.8. The molecule has 0 saturated carbocycles. The molecule has 4 N–H and O–H groups in total. The van der Waals surface area contributed by atoms with E-state index in [0.29, 0.717) is 39.8 Å². The number of aliphatic hydroxyl groups is 1. The molecule has 5 aromatic carbocycles. The van der Waals surface area contributed by atoms with E-state index in [1.807, 2.05) is 78.9 Å². The minimum absolute atomic E-state index is 0.0307. The number of nitrogens with one attached hydrogen (secondary N) is 1. The third kappa shape index (κ3) is 7.87. The second-order valence-corrected chi connectivity index (χ2v) is 20.8. The molecule has 2 aliphatic heterocycles. The molecule has 2 aliphatic rings. The van der Waals surface area contributed by atoms with Gasteiger partial charge in [0.1, 0.15) is 5.75 Å². The lowest BCUT2D eigenvalue weighted by Crippen LogP contribution is -2.52. The number of amides is 3. The number of hydrogen-bond donors (Lipinski definition) is 3. The first kappa shape index (κ1) is 40.7. The number of carbonyl (C=O) groups is 3. The molecule has 0 radical (unpaired) electrons. The lowest BCUT2D eigenvalue weighted by molar-refractivity contribution is -0.150. The number of anilines is 3. The highest BCUT2D eigenvalue weighted by Crippen LogP contribution is 2.60. The zero-order valence-electron chi connectivity index (χ0n) is 33.2. The van der Waals surface area contributed by atoms with Crippen LogP contribution in [0, 0.1) is 5.92 Å². The number of nitrogen functional groups attached to an aromatic ring is 1. The number of fused-ring (bicyclic) bond motifs is 2. The summed E-state index contributed by atoms with van der Waals surface area (Å²) in [4.78, 5) is 45.9. The van der Waals surface area contributed by atoms with Crippen LogP contribution in [0.2, 0.25) is 23.7 Å². The van der Waals surface area contributed by atoms with Crippen molar-refractivity contribution in [3.8, 4) is 5.75 Å². The van der Waals surface area contributed by atoms with Gasteiger partial charge in [-0.25, -0.2) is 0 Å². The van der Waals surface area contributed by atoms with E-state index in [-0.39, 0.29) is 55.3 Å². The highest BCUT2D eigenvalue weighted by Gasteiger charge is 2.66. The summed E-state index contributed by atoms with van der Waals surface area (Å²) in [5.41, 5.74) is 9.04. The Balaban J connectivity index is 1.22. The number of halogens is 1. The van der Waals surface area contributed by atoms with Crippen LogP contribution in [0.25, 0.3) is 0 Å². The molecule has 1 saturated heterocycles. The summed E-state index contributed by atoms with van der Waals surface area (Å²) in [6.45, 7) is 7.19. The number of benzene rings is 5. The van der Waals surface area contributed by atoms with Crippen molar-refractivity contribution in [1.82, 2.24) is 4.90 Å². The number of methoxy groups -OCH3 is 1.